The van der Waals surface area contributed by atoms with Gasteiger partial charge in [-0.1, -0.05) is 6.92 Å². The number of aromatic nitrogens is 1. The first kappa shape index (κ1) is 14.2. The molecule has 0 aliphatic heterocycles. The molecule has 98 valence electrons. The number of rotatable bonds is 3. The number of nitrogens with one attached hydrogen (secondary N) is 1. The summed E-state index contributed by atoms with van der Waals surface area (Å²) in [6.07, 6.45) is 1.25. The van der Waals surface area contributed by atoms with Crippen LogP contribution >= 0.6 is 0 Å². The number of carbonyl (C=O) groups excluding carboxylic acids is 2. The number of hydrogen-bond acceptors (Lipinski definition) is 4. The Bertz CT molecular complexity index is 450. The molecule has 1 N–H and O–H groups in total. The number of hydrogen-bond donors (Lipinski definition) is 1. The van der Waals surface area contributed by atoms with Crippen LogP contribution in [0.1, 0.15) is 44.5 Å². The van der Waals surface area contributed by atoms with Crippen molar-refractivity contribution in [1.82, 2.24) is 4.98 Å². The summed E-state index contributed by atoms with van der Waals surface area (Å²) in [6, 6.07) is 3.29. The minimum Gasteiger partial charge on any atom is -0.444 e. The lowest BCUT2D eigenvalue weighted by molar-refractivity contribution is 0.0635. The number of amides is 1. The van der Waals surface area contributed by atoms with Crippen molar-refractivity contribution in [3.63, 3.8) is 0 Å². The molecule has 0 unspecified atom stereocenters. The zero-order valence-electron chi connectivity index (χ0n) is 11.1. The monoisotopic (exact) mass is 250 g/mol. The van der Waals surface area contributed by atoms with E-state index in [1.807, 2.05) is 0 Å². The summed E-state index contributed by atoms with van der Waals surface area (Å²) in [4.78, 5) is 27.3. The molecule has 0 atom stereocenters. The largest absolute Gasteiger partial charge is 0.444 e. The standard InChI is InChI=1S/C13H18N2O3/c1-5-10(16)9-7-6-8-14-11(9)15-12(17)18-13(2,3)4/h6-8H,5H2,1-4H3,(H,14,15,17). The van der Waals surface area contributed by atoms with Crippen LogP contribution in [0.25, 0.3) is 0 Å². The van der Waals surface area contributed by atoms with Crippen molar-refractivity contribution in [3.8, 4) is 0 Å². The first-order chi connectivity index (χ1) is 8.33. The van der Waals surface area contributed by atoms with E-state index < -0.39 is 11.7 Å². The lowest BCUT2D eigenvalue weighted by Crippen LogP contribution is -2.28. The van der Waals surface area contributed by atoms with Gasteiger partial charge in [0.15, 0.2) is 5.78 Å². The van der Waals surface area contributed by atoms with Crippen LogP contribution in [0.2, 0.25) is 0 Å². The van der Waals surface area contributed by atoms with Gasteiger partial charge in [0.1, 0.15) is 11.4 Å². The number of nitrogens with zero attached hydrogens (tertiary/aromatic N) is 1. The van der Waals surface area contributed by atoms with Crippen LogP contribution in [0.4, 0.5) is 10.6 Å². The molecular formula is C13H18N2O3. The molecule has 1 rings (SSSR count). The Morgan fingerprint density at radius 2 is 2.06 bits per heavy atom. The Balaban J connectivity index is 2.85. The zero-order chi connectivity index (χ0) is 13.8. The Labute approximate surface area is 107 Å². The topological polar surface area (TPSA) is 68.3 Å². The van der Waals surface area contributed by atoms with Gasteiger partial charge in [-0.2, -0.15) is 0 Å². The van der Waals surface area contributed by atoms with Crippen molar-refractivity contribution in [1.29, 1.82) is 0 Å². The maximum absolute atomic E-state index is 11.7. The van der Waals surface area contributed by atoms with Gasteiger partial charge in [0, 0.05) is 12.6 Å². The fourth-order valence-electron chi connectivity index (χ4n) is 1.32. The second-order valence-electron chi connectivity index (χ2n) is 4.80. The van der Waals surface area contributed by atoms with Crippen molar-refractivity contribution >= 4 is 17.7 Å². The van der Waals surface area contributed by atoms with Crippen LogP contribution in [0.5, 0.6) is 0 Å². The minimum atomic E-state index is -0.619. The molecule has 0 fully saturated rings. The highest BCUT2D eigenvalue weighted by atomic mass is 16.6. The average molecular weight is 250 g/mol. The van der Waals surface area contributed by atoms with Gasteiger partial charge in [-0.25, -0.2) is 9.78 Å². The molecule has 5 heteroatoms. The highest BCUT2D eigenvalue weighted by Crippen LogP contribution is 2.15. The molecule has 18 heavy (non-hydrogen) atoms. The number of anilines is 1. The molecule has 5 nitrogen and oxygen atoms in total. The molecule has 0 saturated carbocycles. The third-order valence-corrected chi connectivity index (χ3v) is 2.05. The summed E-state index contributed by atoms with van der Waals surface area (Å²) >= 11 is 0. The number of carbonyl (C=O) groups is 2. The van der Waals surface area contributed by atoms with Gasteiger partial charge in [-0.15, -0.1) is 0 Å². The van der Waals surface area contributed by atoms with E-state index in [0.717, 1.165) is 0 Å². The summed E-state index contributed by atoms with van der Waals surface area (Å²) in [6.45, 7) is 7.06. The van der Waals surface area contributed by atoms with Crippen LogP contribution in [0, 0.1) is 0 Å². The Morgan fingerprint density at radius 1 is 1.39 bits per heavy atom. The third-order valence-electron chi connectivity index (χ3n) is 2.05. The molecule has 1 amide bonds. The minimum absolute atomic E-state index is 0.0749. The Morgan fingerprint density at radius 3 is 2.61 bits per heavy atom. The van der Waals surface area contributed by atoms with Crippen molar-refractivity contribution in [3.05, 3.63) is 23.9 Å². The van der Waals surface area contributed by atoms with Crippen molar-refractivity contribution < 1.29 is 14.3 Å². The SMILES string of the molecule is CCC(=O)c1cccnc1NC(=O)OC(C)(C)C. The predicted octanol–water partition coefficient (Wildman–Crippen LogP) is 3.02. The van der Waals surface area contributed by atoms with E-state index in [9.17, 15) is 9.59 Å². The molecule has 0 aliphatic rings. The fraction of sp³-hybridized carbons (Fsp3) is 0.462. The lowest BCUT2D eigenvalue weighted by atomic mass is 10.1. The fourth-order valence-corrected chi connectivity index (χ4v) is 1.32. The number of Topliss-reactive ketones (excluding diaryl/α,β-unsaturated/α-hetero) is 1. The van der Waals surface area contributed by atoms with E-state index >= 15 is 0 Å². The molecule has 0 saturated heterocycles. The first-order valence-corrected chi connectivity index (χ1v) is 5.81. The van der Waals surface area contributed by atoms with Gasteiger partial charge in [0.05, 0.1) is 5.56 Å². The molecule has 0 radical (unpaired) electrons. The van der Waals surface area contributed by atoms with Gasteiger partial charge in [0.25, 0.3) is 0 Å². The Kier molecular flexibility index (Phi) is 4.42. The number of ketones is 1. The molecule has 0 aromatic carbocycles. The average Bonchev–Trinajstić information content (AvgIpc) is 2.26. The highest BCUT2D eigenvalue weighted by molar-refractivity contribution is 6.02. The summed E-state index contributed by atoms with van der Waals surface area (Å²) in [7, 11) is 0. The highest BCUT2D eigenvalue weighted by Gasteiger charge is 2.18. The summed E-state index contributed by atoms with van der Waals surface area (Å²) in [5.41, 5.74) is -0.195. The second-order valence-corrected chi connectivity index (χ2v) is 4.80. The van der Waals surface area contributed by atoms with E-state index in [-0.39, 0.29) is 11.6 Å². The lowest BCUT2D eigenvalue weighted by Gasteiger charge is -2.19. The molecular weight excluding hydrogens is 232 g/mol. The van der Waals surface area contributed by atoms with Gasteiger partial charge < -0.3 is 4.74 Å². The predicted molar refractivity (Wildman–Crippen MR) is 68.7 cm³/mol. The van der Waals surface area contributed by atoms with Crippen LogP contribution in [-0.2, 0) is 4.74 Å². The van der Waals surface area contributed by atoms with Crippen LogP contribution < -0.4 is 5.32 Å². The molecule has 1 heterocycles. The van der Waals surface area contributed by atoms with Crippen LogP contribution in [0.15, 0.2) is 18.3 Å². The number of ether oxygens (including phenoxy) is 1. The van der Waals surface area contributed by atoms with E-state index in [2.05, 4.69) is 10.3 Å². The van der Waals surface area contributed by atoms with E-state index in [4.69, 9.17) is 4.74 Å². The van der Waals surface area contributed by atoms with E-state index in [1.165, 1.54) is 6.20 Å². The first-order valence-electron chi connectivity index (χ1n) is 5.81. The quantitative estimate of drug-likeness (QED) is 0.837. The van der Waals surface area contributed by atoms with Crippen LogP contribution in [0.3, 0.4) is 0 Å². The molecule has 0 spiro atoms. The van der Waals surface area contributed by atoms with Crippen molar-refractivity contribution in [2.24, 2.45) is 0 Å². The maximum atomic E-state index is 11.7. The molecule has 1 aromatic rings. The van der Waals surface area contributed by atoms with E-state index in [1.54, 1.807) is 39.8 Å². The van der Waals surface area contributed by atoms with Gasteiger partial charge in [-0.05, 0) is 32.9 Å². The second kappa shape index (κ2) is 5.62. The maximum Gasteiger partial charge on any atom is 0.413 e. The van der Waals surface area contributed by atoms with Crippen molar-refractivity contribution in [2.75, 3.05) is 5.32 Å². The molecule has 0 bridgehead atoms. The molecule has 1 aromatic heterocycles. The van der Waals surface area contributed by atoms with E-state index in [0.29, 0.717) is 12.0 Å². The zero-order valence-corrected chi connectivity index (χ0v) is 11.1. The van der Waals surface area contributed by atoms with Crippen molar-refractivity contribution in [2.45, 2.75) is 39.7 Å². The normalized spacial score (nSPS) is 10.9. The smallest absolute Gasteiger partial charge is 0.413 e. The third kappa shape index (κ3) is 4.16. The summed E-state index contributed by atoms with van der Waals surface area (Å²) in [5.74, 6) is 0.160. The van der Waals surface area contributed by atoms with Crippen LogP contribution in [-0.4, -0.2) is 22.5 Å². The van der Waals surface area contributed by atoms with Gasteiger partial charge in [0.2, 0.25) is 0 Å². The summed E-state index contributed by atoms with van der Waals surface area (Å²) in [5, 5.41) is 2.49. The number of pyridine rings is 1. The summed E-state index contributed by atoms with van der Waals surface area (Å²) < 4.78 is 5.11. The van der Waals surface area contributed by atoms with Gasteiger partial charge in [-0.3, -0.25) is 10.1 Å². The van der Waals surface area contributed by atoms with Gasteiger partial charge >= 0.3 is 6.09 Å². The molecule has 0 aliphatic carbocycles. The Hall–Kier alpha value is -1.91.